The topological polar surface area (TPSA) is 23.5 Å². The molecule has 0 amide bonds. The van der Waals surface area contributed by atoms with Crippen molar-refractivity contribution >= 4 is 0 Å². The van der Waals surface area contributed by atoms with E-state index in [1.807, 2.05) is 18.2 Å². The minimum absolute atomic E-state index is 0.0161. The molecule has 2 fully saturated rings. The molecule has 2 nitrogen and oxygen atoms in total. The molecule has 27 heavy (non-hydrogen) atoms. The molecule has 144 valence electrons. The summed E-state index contributed by atoms with van der Waals surface area (Å²) in [5.41, 5.74) is 0.200. The summed E-state index contributed by atoms with van der Waals surface area (Å²) in [7, 11) is 0. The summed E-state index contributed by atoms with van der Waals surface area (Å²) in [4.78, 5) is 2.45. The Morgan fingerprint density at radius 1 is 0.926 bits per heavy atom. The van der Waals surface area contributed by atoms with Gasteiger partial charge in [0.2, 0.25) is 0 Å². The summed E-state index contributed by atoms with van der Waals surface area (Å²) < 4.78 is 40.9. The van der Waals surface area contributed by atoms with Gasteiger partial charge in [-0.2, -0.15) is 0 Å². The molecular formula is C22H24F3NO. The first-order valence-corrected chi connectivity index (χ1v) is 9.60. The number of nitrogens with zero attached hydrogens (tertiary/aromatic N) is 1. The van der Waals surface area contributed by atoms with Crippen molar-refractivity contribution in [1.82, 2.24) is 4.90 Å². The average Bonchev–Trinajstić information content (AvgIpc) is 2.64. The fourth-order valence-electron chi connectivity index (χ4n) is 4.87. The van der Waals surface area contributed by atoms with Crippen LogP contribution < -0.4 is 0 Å². The number of halogens is 3. The van der Waals surface area contributed by atoms with Crippen LogP contribution in [0.25, 0.3) is 0 Å². The van der Waals surface area contributed by atoms with E-state index in [-0.39, 0.29) is 24.1 Å². The number of benzene rings is 2. The molecule has 0 aliphatic carbocycles. The summed E-state index contributed by atoms with van der Waals surface area (Å²) in [6.45, 7) is 0.839. The average molecular weight is 375 g/mol. The molecule has 2 saturated heterocycles. The summed E-state index contributed by atoms with van der Waals surface area (Å²) in [6, 6.07) is 12.9. The molecule has 2 aromatic carbocycles. The maximum absolute atomic E-state index is 14.1. The van der Waals surface area contributed by atoms with Crippen molar-refractivity contribution < 1.29 is 18.3 Å². The highest BCUT2D eigenvalue weighted by Crippen LogP contribution is 2.41. The van der Waals surface area contributed by atoms with E-state index < -0.39 is 23.1 Å². The van der Waals surface area contributed by atoms with Crippen molar-refractivity contribution in [3.05, 3.63) is 71.0 Å². The predicted octanol–water partition coefficient (Wildman–Crippen LogP) is 4.59. The van der Waals surface area contributed by atoms with Crippen molar-refractivity contribution in [2.24, 2.45) is 0 Å². The van der Waals surface area contributed by atoms with E-state index >= 15 is 0 Å². The quantitative estimate of drug-likeness (QED) is 0.790. The van der Waals surface area contributed by atoms with Crippen LogP contribution in [0, 0.1) is 17.5 Å². The Morgan fingerprint density at radius 2 is 1.59 bits per heavy atom. The number of piperidine rings is 2. The van der Waals surface area contributed by atoms with E-state index in [2.05, 4.69) is 17.0 Å². The molecule has 0 radical (unpaired) electrons. The lowest BCUT2D eigenvalue weighted by Gasteiger charge is -2.52. The molecule has 1 N–H and O–H groups in total. The predicted molar refractivity (Wildman–Crippen MR) is 97.6 cm³/mol. The standard InChI is InChI=1S/C22H24F3NO/c23-19-10-9-16(20(24)21(19)25)11-22(27)12-17-7-4-8-18(13-22)26(17)14-15-5-2-1-3-6-15/h1-3,5-6,9-10,17-18,27H,4,7-8,11-14H2. The Hall–Kier alpha value is -1.85. The number of rotatable bonds is 4. The second-order valence-electron chi connectivity index (χ2n) is 8.04. The van der Waals surface area contributed by atoms with Crippen LogP contribution in [0.3, 0.4) is 0 Å². The maximum atomic E-state index is 14.1. The highest BCUT2D eigenvalue weighted by atomic mass is 19.2. The zero-order valence-corrected chi connectivity index (χ0v) is 15.2. The summed E-state index contributed by atoms with van der Waals surface area (Å²) in [5, 5.41) is 11.2. The first-order valence-electron chi connectivity index (χ1n) is 9.60. The van der Waals surface area contributed by atoms with E-state index in [0.717, 1.165) is 31.9 Å². The van der Waals surface area contributed by atoms with Gasteiger partial charge in [0.05, 0.1) is 5.60 Å². The largest absolute Gasteiger partial charge is 0.389 e. The SMILES string of the molecule is OC1(Cc2ccc(F)c(F)c2F)CC2CCCC(C1)N2Cc1ccccc1. The lowest BCUT2D eigenvalue weighted by Crippen LogP contribution is -2.58. The van der Waals surface area contributed by atoms with Crippen molar-refractivity contribution in [3.63, 3.8) is 0 Å². The Kier molecular flexibility index (Phi) is 4.99. The highest BCUT2D eigenvalue weighted by molar-refractivity contribution is 5.23. The van der Waals surface area contributed by atoms with Gasteiger partial charge >= 0.3 is 0 Å². The second kappa shape index (κ2) is 7.28. The van der Waals surface area contributed by atoms with E-state index in [1.54, 1.807) is 0 Å². The van der Waals surface area contributed by atoms with Gasteiger partial charge in [-0.05, 0) is 42.9 Å². The van der Waals surface area contributed by atoms with E-state index in [4.69, 9.17) is 0 Å². The number of aliphatic hydroxyl groups is 1. The second-order valence-corrected chi connectivity index (χ2v) is 8.04. The number of hydrogen-bond acceptors (Lipinski definition) is 2. The first kappa shape index (κ1) is 18.5. The molecule has 2 aromatic rings. The third kappa shape index (κ3) is 3.76. The highest BCUT2D eigenvalue weighted by Gasteiger charge is 2.45. The summed E-state index contributed by atoms with van der Waals surface area (Å²) in [6.07, 6.45) is 4.17. The van der Waals surface area contributed by atoms with E-state index in [1.165, 1.54) is 11.6 Å². The normalized spacial score (nSPS) is 28.3. The molecule has 2 aliphatic rings. The minimum Gasteiger partial charge on any atom is -0.389 e. The number of hydrogen-bond donors (Lipinski definition) is 1. The zero-order valence-electron chi connectivity index (χ0n) is 15.2. The fourth-order valence-corrected chi connectivity index (χ4v) is 4.87. The molecule has 0 spiro atoms. The molecule has 0 saturated carbocycles. The van der Waals surface area contributed by atoms with Gasteiger partial charge in [-0.25, -0.2) is 13.2 Å². The summed E-state index contributed by atoms with van der Waals surface area (Å²) >= 11 is 0. The Morgan fingerprint density at radius 3 is 2.26 bits per heavy atom. The molecule has 4 rings (SSSR count). The van der Waals surface area contributed by atoms with E-state index in [0.29, 0.717) is 12.8 Å². The van der Waals surface area contributed by atoms with Gasteiger partial charge in [0.25, 0.3) is 0 Å². The van der Waals surface area contributed by atoms with Crippen LogP contribution in [0.5, 0.6) is 0 Å². The Balaban J connectivity index is 1.53. The van der Waals surface area contributed by atoms with Gasteiger partial charge in [-0.15, -0.1) is 0 Å². The van der Waals surface area contributed by atoms with Gasteiger partial charge in [0, 0.05) is 25.0 Å². The van der Waals surface area contributed by atoms with Crippen LogP contribution in [0.15, 0.2) is 42.5 Å². The molecule has 2 bridgehead atoms. The van der Waals surface area contributed by atoms with Crippen molar-refractivity contribution in [2.75, 3.05) is 0 Å². The van der Waals surface area contributed by atoms with Crippen LogP contribution in [-0.4, -0.2) is 27.7 Å². The zero-order chi connectivity index (χ0) is 19.0. The van der Waals surface area contributed by atoms with Gasteiger partial charge in [-0.1, -0.05) is 42.8 Å². The van der Waals surface area contributed by atoms with Gasteiger partial charge < -0.3 is 5.11 Å². The lowest BCUT2D eigenvalue weighted by molar-refractivity contribution is -0.0950. The maximum Gasteiger partial charge on any atom is 0.194 e. The van der Waals surface area contributed by atoms with Crippen LogP contribution >= 0.6 is 0 Å². The fraction of sp³-hybridized carbons (Fsp3) is 0.455. The van der Waals surface area contributed by atoms with Crippen molar-refractivity contribution in [3.8, 4) is 0 Å². The van der Waals surface area contributed by atoms with Gasteiger partial charge in [0.1, 0.15) is 0 Å². The number of fused-ring (bicyclic) bond motifs is 2. The van der Waals surface area contributed by atoms with Crippen LogP contribution in [0.1, 0.15) is 43.2 Å². The molecular weight excluding hydrogens is 351 g/mol. The third-order valence-corrected chi connectivity index (χ3v) is 6.09. The Bertz CT molecular complexity index is 797. The molecule has 2 unspecified atom stereocenters. The van der Waals surface area contributed by atoms with Gasteiger partial charge in [-0.3, -0.25) is 4.90 Å². The first-order chi connectivity index (χ1) is 13.0. The van der Waals surface area contributed by atoms with Crippen LogP contribution in [0.2, 0.25) is 0 Å². The molecule has 5 heteroatoms. The van der Waals surface area contributed by atoms with Crippen LogP contribution in [-0.2, 0) is 13.0 Å². The van der Waals surface area contributed by atoms with Crippen molar-refractivity contribution in [1.29, 1.82) is 0 Å². The smallest absolute Gasteiger partial charge is 0.194 e. The third-order valence-electron chi connectivity index (χ3n) is 6.09. The molecule has 2 heterocycles. The van der Waals surface area contributed by atoms with Crippen LogP contribution in [0.4, 0.5) is 13.2 Å². The van der Waals surface area contributed by atoms with Gasteiger partial charge in [0.15, 0.2) is 17.5 Å². The molecule has 0 aromatic heterocycles. The Labute approximate surface area is 157 Å². The van der Waals surface area contributed by atoms with Crippen molar-refractivity contribution in [2.45, 2.75) is 62.8 Å². The molecule has 2 atom stereocenters. The molecule has 2 aliphatic heterocycles. The lowest BCUT2D eigenvalue weighted by atomic mass is 9.73. The minimum atomic E-state index is -1.46. The summed E-state index contributed by atoms with van der Waals surface area (Å²) in [5.74, 6) is -3.84. The van der Waals surface area contributed by atoms with E-state index in [9.17, 15) is 18.3 Å². The monoisotopic (exact) mass is 375 g/mol.